The predicted molar refractivity (Wildman–Crippen MR) is 76.4 cm³/mol. The first kappa shape index (κ1) is 13.4. The minimum atomic E-state index is 0.180. The molecule has 0 radical (unpaired) electrons. The van der Waals surface area contributed by atoms with Gasteiger partial charge < -0.3 is 15.8 Å². The molecule has 1 aromatic carbocycles. The van der Waals surface area contributed by atoms with Crippen LogP contribution in [-0.4, -0.2) is 16.5 Å². The summed E-state index contributed by atoms with van der Waals surface area (Å²) in [6.45, 7) is 3.11. The summed E-state index contributed by atoms with van der Waals surface area (Å²) < 4.78 is 5.59. The van der Waals surface area contributed by atoms with Crippen molar-refractivity contribution < 1.29 is 4.74 Å². The number of nitrogens with zero attached hydrogens (tertiary/aromatic N) is 2. The first-order chi connectivity index (χ1) is 9.17. The number of benzene rings is 1. The Hall–Kier alpha value is -2.01. The van der Waals surface area contributed by atoms with E-state index in [0.717, 1.165) is 12.1 Å². The highest BCUT2D eigenvalue weighted by molar-refractivity contribution is 6.30. The number of nitrogens with two attached hydrogens (primary N) is 1. The Morgan fingerprint density at radius 3 is 2.89 bits per heavy atom. The molecule has 0 spiro atoms. The van der Waals surface area contributed by atoms with Crippen LogP contribution in [0.15, 0.2) is 30.3 Å². The van der Waals surface area contributed by atoms with Crippen LogP contribution in [-0.2, 0) is 6.61 Å². The standard InChI is InChI=1S/C13H15ClN4O/c1-2-16-11-7-12(18-13(15)17-11)19-8-9-4-3-5-10(14)6-9/h3-7H,2,8H2,1H3,(H3,15,16,17,18). The van der Waals surface area contributed by atoms with Crippen LogP contribution in [0.4, 0.5) is 11.8 Å². The zero-order valence-corrected chi connectivity index (χ0v) is 11.3. The highest BCUT2D eigenvalue weighted by Crippen LogP contribution is 2.17. The number of aromatic nitrogens is 2. The molecule has 6 heteroatoms. The van der Waals surface area contributed by atoms with Gasteiger partial charge in [-0.25, -0.2) is 0 Å². The molecule has 0 aliphatic carbocycles. The molecule has 3 N–H and O–H groups in total. The number of anilines is 2. The van der Waals surface area contributed by atoms with Crippen LogP contribution < -0.4 is 15.8 Å². The van der Waals surface area contributed by atoms with E-state index < -0.39 is 0 Å². The van der Waals surface area contributed by atoms with Gasteiger partial charge in [0.2, 0.25) is 11.8 Å². The van der Waals surface area contributed by atoms with Crippen LogP contribution in [0.5, 0.6) is 5.88 Å². The highest BCUT2D eigenvalue weighted by Gasteiger charge is 2.03. The van der Waals surface area contributed by atoms with Crippen molar-refractivity contribution in [1.29, 1.82) is 0 Å². The van der Waals surface area contributed by atoms with Gasteiger partial charge in [0.25, 0.3) is 0 Å². The van der Waals surface area contributed by atoms with E-state index in [-0.39, 0.29) is 5.95 Å². The molecule has 0 aliphatic heterocycles. The summed E-state index contributed by atoms with van der Waals surface area (Å²) in [6, 6.07) is 9.18. The van der Waals surface area contributed by atoms with E-state index in [9.17, 15) is 0 Å². The summed E-state index contributed by atoms with van der Waals surface area (Å²) in [6.07, 6.45) is 0. The Bertz CT molecular complexity index is 562. The van der Waals surface area contributed by atoms with Gasteiger partial charge in [-0.05, 0) is 24.6 Å². The molecule has 0 bridgehead atoms. The van der Waals surface area contributed by atoms with Gasteiger partial charge >= 0.3 is 0 Å². The van der Waals surface area contributed by atoms with Crippen molar-refractivity contribution in [3.05, 3.63) is 40.9 Å². The van der Waals surface area contributed by atoms with Crippen LogP contribution in [0.1, 0.15) is 12.5 Å². The molecule has 2 aromatic rings. The topological polar surface area (TPSA) is 73.1 Å². The van der Waals surface area contributed by atoms with Gasteiger partial charge in [0.05, 0.1) is 0 Å². The fraction of sp³-hybridized carbons (Fsp3) is 0.231. The van der Waals surface area contributed by atoms with Gasteiger partial charge in [-0.2, -0.15) is 9.97 Å². The van der Waals surface area contributed by atoms with Gasteiger partial charge in [-0.3, -0.25) is 0 Å². The number of ether oxygens (including phenoxy) is 1. The van der Waals surface area contributed by atoms with Crippen molar-refractivity contribution in [2.24, 2.45) is 0 Å². The van der Waals surface area contributed by atoms with E-state index in [0.29, 0.717) is 23.3 Å². The smallest absolute Gasteiger partial charge is 0.225 e. The van der Waals surface area contributed by atoms with E-state index in [1.54, 1.807) is 6.07 Å². The van der Waals surface area contributed by atoms with E-state index in [4.69, 9.17) is 22.1 Å². The maximum Gasteiger partial charge on any atom is 0.225 e. The summed E-state index contributed by atoms with van der Waals surface area (Å²) in [7, 11) is 0. The number of hydrogen-bond acceptors (Lipinski definition) is 5. The van der Waals surface area contributed by atoms with Crippen LogP contribution >= 0.6 is 11.6 Å². The summed E-state index contributed by atoms with van der Waals surface area (Å²) in [5, 5.41) is 3.74. The van der Waals surface area contributed by atoms with E-state index in [2.05, 4.69) is 15.3 Å². The third-order valence-corrected chi connectivity index (χ3v) is 2.59. The molecule has 0 fully saturated rings. The molecular weight excluding hydrogens is 264 g/mol. The minimum absolute atomic E-state index is 0.180. The second-order valence-corrected chi connectivity index (χ2v) is 4.33. The Balaban J connectivity index is 2.06. The normalized spacial score (nSPS) is 10.2. The van der Waals surface area contributed by atoms with Crippen LogP contribution in [0, 0.1) is 0 Å². The predicted octanol–water partition coefficient (Wildman–Crippen LogP) is 2.72. The maximum atomic E-state index is 5.91. The summed E-state index contributed by atoms with van der Waals surface area (Å²) in [5.41, 5.74) is 6.59. The Morgan fingerprint density at radius 2 is 2.16 bits per heavy atom. The van der Waals surface area contributed by atoms with Gasteiger partial charge in [-0.15, -0.1) is 0 Å². The van der Waals surface area contributed by atoms with Gasteiger partial charge in [-0.1, -0.05) is 23.7 Å². The van der Waals surface area contributed by atoms with E-state index in [1.807, 2.05) is 31.2 Å². The molecule has 1 heterocycles. The van der Waals surface area contributed by atoms with Crippen molar-refractivity contribution in [2.75, 3.05) is 17.6 Å². The second-order valence-electron chi connectivity index (χ2n) is 3.90. The molecule has 100 valence electrons. The largest absolute Gasteiger partial charge is 0.473 e. The summed E-state index contributed by atoms with van der Waals surface area (Å²) >= 11 is 5.91. The number of rotatable bonds is 5. The molecule has 19 heavy (non-hydrogen) atoms. The van der Waals surface area contributed by atoms with E-state index in [1.165, 1.54) is 0 Å². The maximum absolute atomic E-state index is 5.91. The number of nitrogens with one attached hydrogen (secondary N) is 1. The second kappa shape index (κ2) is 6.24. The molecule has 5 nitrogen and oxygen atoms in total. The lowest BCUT2D eigenvalue weighted by atomic mass is 10.2. The van der Waals surface area contributed by atoms with Crippen molar-refractivity contribution in [3.63, 3.8) is 0 Å². The number of hydrogen-bond donors (Lipinski definition) is 2. The van der Waals surface area contributed by atoms with Gasteiger partial charge in [0.1, 0.15) is 12.4 Å². The average Bonchev–Trinajstić information content (AvgIpc) is 2.36. The minimum Gasteiger partial charge on any atom is -0.473 e. The van der Waals surface area contributed by atoms with Gasteiger partial charge in [0, 0.05) is 17.6 Å². The van der Waals surface area contributed by atoms with Crippen molar-refractivity contribution in [2.45, 2.75) is 13.5 Å². The molecule has 2 rings (SSSR count). The first-order valence-electron chi connectivity index (χ1n) is 5.93. The fourth-order valence-corrected chi connectivity index (χ4v) is 1.79. The zero-order valence-electron chi connectivity index (χ0n) is 10.6. The zero-order chi connectivity index (χ0) is 13.7. The van der Waals surface area contributed by atoms with Gasteiger partial charge in [0.15, 0.2) is 0 Å². The molecule has 1 aromatic heterocycles. The Labute approximate surface area is 116 Å². The quantitative estimate of drug-likeness (QED) is 0.880. The summed E-state index contributed by atoms with van der Waals surface area (Å²) in [4.78, 5) is 8.07. The van der Waals surface area contributed by atoms with Crippen LogP contribution in [0.2, 0.25) is 5.02 Å². The van der Waals surface area contributed by atoms with Crippen molar-refractivity contribution >= 4 is 23.4 Å². The molecule has 0 saturated heterocycles. The number of halogens is 1. The lowest BCUT2D eigenvalue weighted by Gasteiger charge is -2.08. The molecule has 0 saturated carbocycles. The molecule has 0 unspecified atom stereocenters. The third-order valence-electron chi connectivity index (χ3n) is 2.35. The highest BCUT2D eigenvalue weighted by atomic mass is 35.5. The average molecular weight is 279 g/mol. The van der Waals surface area contributed by atoms with Crippen LogP contribution in [0.3, 0.4) is 0 Å². The van der Waals surface area contributed by atoms with Crippen molar-refractivity contribution in [3.8, 4) is 5.88 Å². The molecule has 0 atom stereocenters. The van der Waals surface area contributed by atoms with Crippen molar-refractivity contribution in [1.82, 2.24) is 9.97 Å². The fourth-order valence-electron chi connectivity index (χ4n) is 1.57. The molecule has 0 amide bonds. The third kappa shape index (κ3) is 3.99. The van der Waals surface area contributed by atoms with Crippen LogP contribution in [0.25, 0.3) is 0 Å². The summed E-state index contributed by atoms with van der Waals surface area (Å²) in [5.74, 6) is 1.26. The lowest BCUT2D eigenvalue weighted by Crippen LogP contribution is -2.05. The SMILES string of the molecule is CCNc1cc(OCc2cccc(Cl)c2)nc(N)n1. The molecule has 0 aliphatic rings. The Morgan fingerprint density at radius 1 is 1.32 bits per heavy atom. The first-order valence-corrected chi connectivity index (χ1v) is 6.31. The number of nitrogen functional groups attached to an aromatic ring is 1. The Kier molecular flexibility index (Phi) is 4.41. The molecular formula is C13H15ClN4O. The van der Waals surface area contributed by atoms with E-state index >= 15 is 0 Å². The lowest BCUT2D eigenvalue weighted by molar-refractivity contribution is 0.294. The monoisotopic (exact) mass is 278 g/mol.